The van der Waals surface area contributed by atoms with Crippen molar-refractivity contribution in [2.45, 2.75) is 13.0 Å². The number of nitrogens with two attached hydrogens (primary N) is 2. The van der Waals surface area contributed by atoms with Crippen LogP contribution in [0.15, 0.2) is 30.9 Å². The molecule has 0 saturated carbocycles. The van der Waals surface area contributed by atoms with Gasteiger partial charge in [0.1, 0.15) is 5.82 Å². The summed E-state index contributed by atoms with van der Waals surface area (Å²) < 4.78 is 1.86. The van der Waals surface area contributed by atoms with Crippen molar-refractivity contribution in [3.05, 3.63) is 30.9 Å². The SMILES string of the molecule is NC(=O)CCn1cncc1-c1ccc(N)nc1. The van der Waals surface area contributed by atoms with E-state index in [9.17, 15) is 4.79 Å². The first-order valence-corrected chi connectivity index (χ1v) is 5.17. The Hall–Kier alpha value is -2.37. The van der Waals surface area contributed by atoms with Crippen LogP contribution in [0.4, 0.5) is 5.82 Å². The molecular weight excluding hydrogens is 218 g/mol. The summed E-state index contributed by atoms with van der Waals surface area (Å²) in [4.78, 5) is 18.8. The molecule has 2 heterocycles. The van der Waals surface area contributed by atoms with Crippen LogP contribution in [-0.4, -0.2) is 20.4 Å². The molecule has 0 radical (unpaired) electrons. The lowest BCUT2D eigenvalue weighted by Crippen LogP contribution is -2.14. The molecule has 0 aliphatic heterocycles. The molecule has 0 fully saturated rings. The van der Waals surface area contributed by atoms with E-state index in [2.05, 4.69) is 9.97 Å². The van der Waals surface area contributed by atoms with Gasteiger partial charge in [0.15, 0.2) is 0 Å². The minimum atomic E-state index is -0.333. The lowest BCUT2D eigenvalue weighted by atomic mass is 10.2. The largest absolute Gasteiger partial charge is 0.384 e. The Morgan fingerprint density at radius 3 is 2.82 bits per heavy atom. The van der Waals surface area contributed by atoms with Gasteiger partial charge in [0, 0.05) is 24.7 Å². The van der Waals surface area contributed by atoms with Crippen LogP contribution in [0.2, 0.25) is 0 Å². The zero-order chi connectivity index (χ0) is 12.3. The summed E-state index contributed by atoms with van der Waals surface area (Å²) >= 11 is 0. The molecule has 2 aromatic heterocycles. The summed E-state index contributed by atoms with van der Waals surface area (Å²) in [5.41, 5.74) is 12.4. The summed E-state index contributed by atoms with van der Waals surface area (Å²) in [6.07, 6.45) is 5.34. The number of hydrogen-bond donors (Lipinski definition) is 2. The third kappa shape index (κ3) is 2.60. The van der Waals surface area contributed by atoms with Gasteiger partial charge in [-0.2, -0.15) is 0 Å². The van der Waals surface area contributed by atoms with E-state index in [-0.39, 0.29) is 12.3 Å². The van der Waals surface area contributed by atoms with Crippen molar-refractivity contribution in [3.8, 4) is 11.3 Å². The van der Waals surface area contributed by atoms with Crippen LogP contribution >= 0.6 is 0 Å². The molecule has 88 valence electrons. The van der Waals surface area contributed by atoms with Crippen molar-refractivity contribution < 1.29 is 4.79 Å². The first-order valence-electron chi connectivity index (χ1n) is 5.17. The molecule has 6 nitrogen and oxygen atoms in total. The number of hydrogen-bond acceptors (Lipinski definition) is 4. The number of nitrogen functional groups attached to an aromatic ring is 1. The van der Waals surface area contributed by atoms with Crippen LogP contribution in [0.3, 0.4) is 0 Å². The first-order chi connectivity index (χ1) is 8.16. The van der Waals surface area contributed by atoms with Gasteiger partial charge in [-0.3, -0.25) is 4.79 Å². The predicted molar refractivity (Wildman–Crippen MR) is 63.7 cm³/mol. The van der Waals surface area contributed by atoms with E-state index < -0.39 is 0 Å². The summed E-state index contributed by atoms with van der Waals surface area (Å²) in [6, 6.07) is 3.58. The normalized spacial score (nSPS) is 10.4. The van der Waals surface area contributed by atoms with Gasteiger partial charge in [-0.05, 0) is 12.1 Å². The van der Waals surface area contributed by atoms with Crippen molar-refractivity contribution in [1.82, 2.24) is 14.5 Å². The molecule has 1 amide bonds. The number of aryl methyl sites for hydroxylation is 1. The second-order valence-corrected chi connectivity index (χ2v) is 3.66. The molecule has 0 spiro atoms. The molecule has 4 N–H and O–H groups in total. The maximum Gasteiger partial charge on any atom is 0.219 e. The van der Waals surface area contributed by atoms with Gasteiger partial charge in [0.05, 0.1) is 18.2 Å². The summed E-state index contributed by atoms with van der Waals surface area (Å²) in [7, 11) is 0. The quantitative estimate of drug-likeness (QED) is 0.795. The lowest BCUT2D eigenvalue weighted by Gasteiger charge is -2.06. The van der Waals surface area contributed by atoms with Crippen molar-refractivity contribution in [1.29, 1.82) is 0 Å². The molecule has 0 aliphatic rings. The third-order valence-corrected chi connectivity index (χ3v) is 2.39. The number of carbonyl (C=O) groups excluding carboxylic acids is 1. The van der Waals surface area contributed by atoms with Crippen LogP contribution in [0.5, 0.6) is 0 Å². The van der Waals surface area contributed by atoms with Gasteiger partial charge >= 0.3 is 0 Å². The highest BCUT2D eigenvalue weighted by Crippen LogP contribution is 2.18. The molecule has 0 unspecified atom stereocenters. The Kier molecular flexibility index (Phi) is 3.04. The Bertz CT molecular complexity index is 517. The average Bonchev–Trinajstić information content (AvgIpc) is 2.75. The topological polar surface area (TPSA) is 99.8 Å². The number of aromatic nitrogens is 3. The number of rotatable bonds is 4. The number of carbonyl (C=O) groups is 1. The number of primary amides is 1. The van der Waals surface area contributed by atoms with Crippen LogP contribution in [0.25, 0.3) is 11.3 Å². The van der Waals surface area contributed by atoms with Crippen LogP contribution in [-0.2, 0) is 11.3 Å². The van der Waals surface area contributed by atoms with E-state index in [1.54, 1.807) is 24.8 Å². The van der Waals surface area contributed by atoms with Crippen LogP contribution in [0.1, 0.15) is 6.42 Å². The van der Waals surface area contributed by atoms with Gasteiger partial charge in [0.2, 0.25) is 5.91 Å². The smallest absolute Gasteiger partial charge is 0.219 e. The number of amides is 1. The highest BCUT2D eigenvalue weighted by atomic mass is 16.1. The van der Waals surface area contributed by atoms with Crippen molar-refractivity contribution in [2.24, 2.45) is 5.73 Å². The number of imidazole rings is 1. The number of anilines is 1. The molecule has 0 aliphatic carbocycles. The van der Waals surface area contributed by atoms with Crippen molar-refractivity contribution in [2.75, 3.05) is 5.73 Å². The molecule has 17 heavy (non-hydrogen) atoms. The standard InChI is InChI=1S/C11H13N5O/c12-10-2-1-8(5-15-10)9-6-14-7-16(9)4-3-11(13)17/h1-2,5-7H,3-4H2,(H2,12,15)(H2,13,17). The molecule has 6 heteroatoms. The van der Waals surface area contributed by atoms with Crippen molar-refractivity contribution >= 4 is 11.7 Å². The second-order valence-electron chi connectivity index (χ2n) is 3.66. The maximum atomic E-state index is 10.7. The van der Waals surface area contributed by atoms with E-state index in [0.717, 1.165) is 11.3 Å². The van der Waals surface area contributed by atoms with Gasteiger partial charge in [0.25, 0.3) is 0 Å². The Morgan fingerprint density at radius 1 is 1.35 bits per heavy atom. The molecule has 2 rings (SSSR count). The lowest BCUT2D eigenvalue weighted by molar-refractivity contribution is -0.118. The molecule has 2 aromatic rings. The van der Waals surface area contributed by atoms with E-state index in [1.807, 2.05) is 10.6 Å². The van der Waals surface area contributed by atoms with E-state index in [0.29, 0.717) is 12.4 Å². The zero-order valence-electron chi connectivity index (χ0n) is 9.21. The van der Waals surface area contributed by atoms with Gasteiger partial charge in [-0.15, -0.1) is 0 Å². The zero-order valence-corrected chi connectivity index (χ0v) is 9.21. The molecule has 0 atom stereocenters. The molecular formula is C11H13N5O. The summed E-state index contributed by atoms with van der Waals surface area (Å²) in [5, 5.41) is 0. The van der Waals surface area contributed by atoms with Gasteiger partial charge in [-0.25, -0.2) is 9.97 Å². The summed E-state index contributed by atoms with van der Waals surface area (Å²) in [6.45, 7) is 0.509. The van der Waals surface area contributed by atoms with Crippen LogP contribution in [0, 0.1) is 0 Å². The fourth-order valence-corrected chi connectivity index (χ4v) is 1.53. The van der Waals surface area contributed by atoms with E-state index in [1.165, 1.54) is 0 Å². The minimum Gasteiger partial charge on any atom is -0.384 e. The Balaban J connectivity index is 2.24. The molecule has 0 aromatic carbocycles. The molecule has 0 saturated heterocycles. The van der Waals surface area contributed by atoms with Gasteiger partial charge in [-0.1, -0.05) is 0 Å². The fourth-order valence-electron chi connectivity index (χ4n) is 1.53. The van der Waals surface area contributed by atoms with Crippen LogP contribution < -0.4 is 11.5 Å². The number of nitrogens with zero attached hydrogens (tertiary/aromatic N) is 3. The van der Waals surface area contributed by atoms with E-state index in [4.69, 9.17) is 11.5 Å². The molecule has 0 bridgehead atoms. The average molecular weight is 231 g/mol. The van der Waals surface area contributed by atoms with E-state index >= 15 is 0 Å². The fraction of sp³-hybridized carbons (Fsp3) is 0.182. The van der Waals surface area contributed by atoms with Gasteiger partial charge < -0.3 is 16.0 Å². The summed E-state index contributed by atoms with van der Waals surface area (Å²) in [5.74, 6) is 0.136. The highest BCUT2D eigenvalue weighted by molar-refractivity contribution is 5.73. The number of pyridine rings is 1. The third-order valence-electron chi connectivity index (χ3n) is 2.39. The Labute approximate surface area is 98.3 Å². The first kappa shape index (κ1) is 11.1. The Morgan fingerprint density at radius 2 is 2.18 bits per heavy atom. The van der Waals surface area contributed by atoms with Crippen molar-refractivity contribution in [3.63, 3.8) is 0 Å². The second kappa shape index (κ2) is 4.65. The maximum absolute atomic E-state index is 10.7. The monoisotopic (exact) mass is 231 g/mol. The predicted octanol–water partition coefficient (Wildman–Crippen LogP) is 0.403. The highest BCUT2D eigenvalue weighted by Gasteiger charge is 2.06. The minimum absolute atomic E-state index is 0.283.